The monoisotopic (exact) mass is 402 g/mol. The second-order valence-electron chi connectivity index (χ2n) is 7.04. The van der Waals surface area contributed by atoms with Crippen molar-refractivity contribution in [3.8, 4) is 0 Å². The lowest BCUT2D eigenvalue weighted by atomic mass is 10.0. The van der Waals surface area contributed by atoms with E-state index in [4.69, 9.17) is 4.98 Å². The smallest absolute Gasteiger partial charge is 0.123 e. The van der Waals surface area contributed by atoms with E-state index in [-0.39, 0.29) is 18.2 Å². The first-order valence-corrected chi connectivity index (χ1v) is 9.43. The molecule has 29 heavy (non-hydrogen) atoms. The molecule has 5 aromatic rings. The van der Waals surface area contributed by atoms with Gasteiger partial charge in [-0.25, -0.2) is 9.37 Å². The van der Waals surface area contributed by atoms with E-state index in [1.54, 1.807) is 0 Å². The van der Waals surface area contributed by atoms with Gasteiger partial charge in [0.1, 0.15) is 11.6 Å². The highest BCUT2D eigenvalue weighted by molar-refractivity contribution is 5.86. The Morgan fingerprint density at radius 3 is 2.34 bits per heavy atom. The molecule has 0 radical (unpaired) electrons. The Kier molecular flexibility index (Phi) is 5.32. The van der Waals surface area contributed by atoms with Crippen LogP contribution in [0.4, 0.5) is 4.39 Å². The molecule has 0 aliphatic carbocycles. The van der Waals surface area contributed by atoms with Gasteiger partial charge in [0.2, 0.25) is 0 Å². The molecule has 0 amide bonds. The van der Waals surface area contributed by atoms with Crippen LogP contribution in [0, 0.1) is 5.82 Å². The average Bonchev–Trinajstić information content (AvgIpc) is 3.07. The van der Waals surface area contributed by atoms with Gasteiger partial charge in [-0.3, -0.25) is 0 Å². The Morgan fingerprint density at radius 2 is 1.48 bits per heavy atom. The van der Waals surface area contributed by atoms with E-state index in [0.29, 0.717) is 6.54 Å². The van der Waals surface area contributed by atoms with Crippen molar-refractivity contribution >= 4 is 34.2 Å². The molecular weight excluding hydrogens is 383 g/mol. The van der Waals surface area contributed by atoms with Gasteiger partial charge in [0.05, 0.1) is 11.0 Å². The zero-order valence-electron chi connectivity index (χ0n) is 15.8. The first-order valence-electron chi connectivity index (χ1n) is 9.43. The molecule has 0 aliphatic heterocycles. The molecule has 0 atom stereocenters. The number of benzene rings is 4. The standard InChI is InChI=1S/C25H19FN2.ClH/c26-21-14-12-18(13-15-21)17-28-24-11-4-3-10-23(24)27-25(28)16-20-8-5-7-19-6-1-2-9-22(19)20;/h1-15H,16-17H2;1H. The van der Waals surface area contributed by atoms with E-state index in [2.05, 4.69) is 53.1 Å². The van der Waals surface area contributed by atoms with Gasteiger partial charge in [0, 0.05) is 13.0 Å². The van der Waals surface area contributed by atoms with Crippen molar-refractivity contribution < 1.29 is 4.39 Å². The largest absolute Gasteiger partial charge is 0.323 e. The molecule has 4 aromatic carbocycles. The van der Waals surface area contributed by atoms with Crippen LogP contribution in [-0.2, 0) is 13.0 Å². The summed E-state index contributed by atoms with van der Waals surface area (Å²) in [4.78, 5) is 4.92. The minimum absolute atomic E-state index is 0. The number of aromatic nitrogens is 2. The summed E-state index contributed by atoms with van der Waals surface area (Å²) in [5.74, 6) is 0.803. The molecule has 0 spiro atoms. The third-order valence-corrected chi connectivity index (χ3v) is 5.22. The number of hydrogen-bond acceptors (Lipinski definition) is 1. The molecule has 0 N–H and O–H groups in total. The number of imidazole rings is 1. The highest BCUT2D eigenvalue weighted by atomic mass is 35.5. The molecule has 5 rings (SSSR count). The lowest BCUT2D eigenvalue weighted by Gasteiger charge is -2.11. The maximum Gasteiger partial charge on any atom is 0.123 e. The van der Waals surface area contributed by atoms with E-state index in [9.17, 15) is 4.39 Å². The predicted molar refractivity (Wildman–Crippen MR) is 119 cm³/mol. The number of hydrogen-bond donors (Lipinski definition) is 0. The van der Waals surface area contributed by atoms with Crippen molar-refractivity contribution in [1.82, 2.24) is 9.55 Å². The van der Waals surface area contributed by atoms with Crippen molar-refractivity contribution in [2.45, 2.75) is 13.0 Å². The number of nitrogens with zero attached hydrogens (tertiary/aromatic N) is 2. The minimum Gasteiger partial charge on any atom is -0.323 e. The van der Waals surface area contributed by atoms with E-state index < -0.39 is 0 Å². The lowest BCUT2D eigenvalue weighted by Crippen LogP contribution is -2.06. The second-order valence-corrected chi connectivity index (χ2v) is 7.04. The van der Waals surface area contributed by atoms with Crippen molar-refractivity contribution in [3.05, 3.63) is 114 Å². The van der Waals surface area contributed by atoms with Gasteiger partial charge in [-0.05, 0) is 46.2 Å². The minimum atomic E-state index is -0.213. The van der Waals surface area contributed by atoms with Crippen molar-refractivity contribution in [3.63, 3.8) is 0 Å². The summed E-state index contributed by atoms with van der Waals surface area (Å²) in [5, 5.41) is 2.49. The summed E-state index contributed by atoms with van der Waals surface area (Å²) in [6.45, 7) is 0.668. The SMILES string of the molecule is Cl.Fc1ccc(Cn2c(Cc3cccc4ccccc34)nc3ccccc32)cc1. The van der Waals surface area contributed by atoms with E-state index in [1.165, 1.54) is 28.5 Å². The Hall–Kier alpha value is -3.17. The Balaban J connectivity index is 0.00000205. The summed E-state index contributed by atoms with van der Waals surface area (Å²) < 4.78 is 15.6. The Bertz CT molecular complexity index is 1270. The number of para-hydroxylation sites is 2. The highest BCUT2D eigenvalue weighted by Crippen LogP contribution is 2.24. The molecule has 144 valence electrons. The van der Waals surface area contributed by atoms with Crippen LogP contribution in [0.1, 0.15) is 17.0 Å². The van der Waals surface area contributed by atoms with Crippen LogP contribution in [0.25, 0.3) is 21.8 Å². The molecule has 0 fully saturated rings. The normalized spacial score (nSPS) is 10.9. The fourth-order valence-electron chi connectivity index (χ4n) is 3.83. The summed E-state index contributed by atoms with van der Waals surface area (Å²) in [7, 11) is 0. The summed E-state index contributed by atoms with van der Waals surface area (Å²) in [6.07, 6.45) is 0.747. The summed E-state index contributed by atoms with van der Waals surface area (Å²) in [5.41, 5.74) is 4.40. The number of halogens is 2. The maximum absolute atomic E-state index is 13.3. The van der Waals surface area contributed by atoms with Crippen LogP contribution in [0.2, 0.25) is 0 Å². The third-order valence-electron chi connectivity index (χ3n) is 5.22. The van der Waals surface area contributed by atoms with Gasteiger partial charge >= 0.3 is 0 Å². The fraction of sp³-hybridized carbons (Fsp3) is 0.0800. The van der Waals surface area contributed by atoms with Crippen molar-refractivity contribution in [2.75, 3.05) is 0 Å². The Morgan fingerprint density at radius 1 is 0.759 bits per heavy atom. The summed E-state index contributed by atoms with van der Waals surface area (Å²) in [6, 6.07) is 29.7. The lowest BCUT2D eigenvalue weighted by molar-refractivity contribution is 0.626. The van der Waals surface area contributed by atoms with Gasteiger partial charge in [0.25, 0.3) is 0 Å². The molecule has 0 unspecified atom stereocenters. The van der Waals surface area contributed by atoms with Crippen LogP contribution in [0.5, 0.6) is 0 Å². The predicted octanol–water partition coefficient (Wildman–Crippen LogP) is 6.39. The topological polar surface area (TPSA) is 17.8 Å². The van der Waals surface area contributed by atoms with Gasteiger partial charge in [-0.2, -0.15) is 0 Å². The van der Waals surface area contributed by atoms with Gasteiger partial charge in [-0.15, -0.1) is 12.4 Å². The molecule has 4 heteroatoms. The first kappa shape index (κ1) is 19.2. The van der Waals surface area contributed by atoms with Crippen LogP contribution < -0.4 is 0 Å². The second kappa shape index (κ2) is 8.06. The number of fused-ring (bicyclic) bond motifs is 2. The Labute approximate surface area is 175 Å². The van der Waals surface area contributed by atoms with Crippen LogP contribution >= 0.6 is 12.4 Å². The van der Waals surface area contributed by atoms with Crippen LogP contribution in [-0.4, -0.2) is 9.55 Å². The highest BCUT2D eigenvalue weighted by Gasteiger charge is 2.13. The van der Waals surface area contributed by atoms with Gasteiger partial charge < -0.3 is 4.57 Å². The summed E-state index contributed by atoms with van der Waals surface area (Å²) >= 11 is 0. The molecule has 0 bridgehead atoms. The fourth-order valence-corrected chi connectivity index (χ4v) is 3.83. The van der Waals surface area contributed by atoms with E-state index in [0.717, 1.165) is 28.8 Å². The zero-order chi connectivity index (χ0) is 18.9. The van der Waals surface area contributed by atoms with E-state index >= 15 is 0 Å². The van der Waals surface area contributed by atoms with Crippen molar-refractivity contribution in [2.24, 2.45) is 0 Å². The molecule has 0 saturated heterocycles. The van der Waals surface area contributed by atoms with Crippen LogP contribution in [0.3, 0.4) is 0 Å². The maximum atomic E-state index is 13.3. The van der Waals surface area contributed by atoms with Crippen LogP contribution in [0.15, 0.2) is 91.0 Å². The molecule has 0 aliphatic rings. The van der Waals surface area contributed by atoms with E-state index in [1.807, 2.05) is 30.3 Å². The average molecular weight is 403 g/mol. The van der Waals surface area contributed by atoms with Crippen molar-refractivity contribution in [1.29, 1.82) is 0 Å². The molecule has 1 heterocycles. The van der Waals surface area contributed by atoms with Gasteiger partial charge in [0.15, 0.2) is 0 Å². The molecular formula is C25H20ClFN2. The quantitative estimate of drug-likeness (QED) is 0.340. The number of rotatable bonds is 4. The molecule has 0 saturated carbocycles. The first-order chi connectivity index (χ1) is 13.8. The molecule has 1 aromatic heterocycles. The molecule has 2 nitrogen and oxygen atoms in total. The zero-order valence-corrected chi connectivity index (χ0v) is 16.6. The van der Waals surface area contributed by atoms with Gasteiger partial charge in [-0.1, -0.05) is 66.7 Å². The third kappa shape index (κ3) is 3.74.